The van der Waals surface area contributed by atoms with Crippen molar-refractivity contribution in [3.63, 3.8) is 0 Å². The molecule has 0 aliphatic heterocycles. The summed E-state index contributed by atoms with van der Waals surface area (Å²) in [7, 11) is 2.16. The highest BCUT2D eigenvalue weighted by molar-refractivity contribution is 6.30. The van der Waals surface area contributed by atoms with E-state index in [1.54, 1.807) is 0 Å². The van der Waals surface area contributed by atoms with Crippen molar-refractivity contribution in [2.75, 3.05) is 13.6 Å². The molecule has 0 radical (unpaired) electrons. The van der Waals surface area contributed by atoms with Crippen molar-refractivity contribution in [2.45, 2.75) is 38.8 Å². The number of rotatable bonds is 5. The van der Waals surface area contributed by atoms with Gasteiger partial charge in [-0.25, -0.2) is 0 Å². The predicted octanol–water partition coefficient (Wildman–Crippen LogP) is 3.29. The highest BCUT2D eigenvalue weighted by Gasteiger charge is 2.54. The lowest BCUT2D eigenvalue weighted by atomic mass is 9.82. The number of nitrogens with zero attached hydrogens (tertiary/aromatic N) is 1. The van der Waals surface area contributed by atoms with E-state index in [9.17, 15) is 0 Å². The maximum absolute atomic E-state index is 6.05. The summed E-state index contributed by atoms with van der Waals surface area (Å²) in [4.78, 5) is 2.38. The quantitative estimate of drug-likeness (QED) is 0.886. The zero-order chi connectivity index (χ0) is 13.4. The van der Waals surface area contributed by atoms with Gasteiger partial charge in [0.2, 0.25) is 0 Å². The van der Waals surface area contributed by atoms with Gasteiger partial charge in [0.1, 0.15) is 0 Å². The van der Waals surface area contributed by atoms with Gasteiger partial charge in [0.05, 0.1) is 0 Å². The molecule has 1 aromatic rings. The maximum atomic E-state index is 6.05. The van der Waals surface area contributed by atoms with Crippen LogP contribution in [-0.2, 0) is 6.54 Å². The van der Waals surface area contributed by atoms with Gasteiger partial charge in [-0.2, -0.15) is 0 Å². The highest BCUT2D eigenvalue weighted by atomic mass is 35.5. The Morgan fingerprint density at radius 3 is 2.61 bits per heavy atom. The molecule has 0 spiro atoms. The van der Waals surface area contributed by atoms with Gasteiger partial charge in [-0.1, -0.05) is 30.7 Å². The molecule has 100 valence electrons. The summed E-state index contributed by atoms with van der Waals surface area (Å²) in [6, 6.07) is 8.07. The normalized spacial score (nSPS) is 20.8. The second kappa shape index (κ2) is 4.84. The first kappa shape index (κ1) is 13.9. The van der Waals surface area contributed by atoms with E-state index in [-0.39, 0.29) is 5.54 Å². The molecule has 1 atom stereocenters. The number of benzene rings is 1. The van der Waals surface area contributed by atoms with Gasteiger partial charge in [0, 0.05) is 23.7 Å². The lowest BCUT2D eigenvalue weighted by Gasteiger charge is -2.43. The zero-order valence-corrected chi connectivity index (χ0v) is 12.3. The third-order valence-electron chi connectivity index (χ3n) is 4.85. The average molecular weight is 267 g/mol. The van der Waals surface area contributed by atoms with Crippen molar-refractivity contribution in [3.8, 4) is 0 Å². The number of halogens is 1. The van der Waals surface area contributed by atoms with Gasteiger partial charge >= 0.3 is 0 Å². The van der Waals surface area contributed by atoms with Crippen LogP contribution in [0.15, 0.2) is 24.3 Å². The van der Waals surface area contributed by atoms with Crippen molar-refractivity contribution >= 4 is 11.6 Å². The molecule has 2 N–H and O–H groups in total. The van der Waals surface area contributed by atoms with Gasteiger partial charge in [0.25, 0.3) is 0 Å². The fourth-order valence-corrected chi connectivity index (χ4v) is 2.89. The lowest BCUT2D eigenvalue weighted by Crippen LogP contribution is -2.55. The molecule has 1 aliphatic rings. The van der Waals surface area contributed by atoms with E-state index in [1.807, 2.05) is 18.2 Å². The molecule has 2 rings (SSSR count). The van der Waals surface area contributed by atoms with Crippen molar-refractivity contribution in [1.29, 1.82) is 0 Å². The minimum atomic E-state index is 0.0648. The van der Waals surface area contributed by atoms with Crippen LogP contribution in [0.3, 0.4) is 0 Å². The average Bonchev–Trinajstić information content (AvgIpc) is 3.07. The third-order valence-corrected chi connectivity index (χ3v) is 5.08. The van der Waals surface area contributed by atoms with Crippen LogP contribution in [0.1, 0.15) is 32.3 Å². The molecule has 1 saturated carbocycles. The Hall–Kier alpha value is -0.570. The molecular weight excluding hydrogens is 244 g/mol. The molecule has 1 unspecified atom stereocenters. The van der Waals surface area contributed by atoms with Gasteiger partial charge in [-0.3, -0.25) is 4.90 Å². The summed E-state index contributed by atoms with van der Waals surface area (Å²) in [6.45, 7) is 6.21. The lowest BCUT2D eigenvalue weighted by molar-refractivity contribution is 0.0659. The Kier molecular flexibility index (Phi) is 3.72. The number of hydrogen-bond acceptors (Lipinski definition) is 2. The highest BCUT2D eigenvalue weighted by Crippen LogP contribution is 2.55. The van der Waals surface area contributed by atoms with Crippen LogP contribution in [0.2, 0.25) is 5.02 Å². The van der Waals surface area contributed by atoms with E-state index in [0.717, 1.165) is 11.6 Å². The smallest absolute Gasteiger partial charge is 0.0409 e. The molecule has 3 heteroatoms. The Balaban J connectivity index is 2.13. The summed E-state index contributed by atoms with van der Waals surface area (Å²) in [6.07, 6.45) is 2.56. The minimum absolute atomic E-state index is 0.0648. The van der Waals surface area contributed by atoms with Gasteiger partial charge in [-0.15, -0.1) is 0 Å². The molecule has 0 saturated heterocycles. The van der Waals surface area contributed by atoms with Crippen molar-refractivity contribution in [2.24, 2.45) is 11.1 Å². The predicted molar refractivity (Wildman–Crippen MR) is 77.7 cm³/mol. The molecule has 0 aromatic heterocycles. The van der Waals surface area contributed by atoms with E-state index in [0.29, 0.717) is 12.0 Å². The van der Waals surface area contributed by atoms with E-state index in [2.05, 4.69) is 31.9 Å². The molecular formula is C15H23ClN2. The molecule has 1 aliphatic carbocycles. The molecule has 18 heavy (non-hydrogen) atoms. The standard InChI is InChI=1S/C15H23ClN2/c1-14(7-8-14)15(2,11-17)18(3)10-12-5-4-6-13(16)9-12/h4-6,9H,7-8,10-11,17H2,1-3H3. The summed E-state index contributed by atoms with van der Waals surface area (Å²) >= 11 is 6.04. The fraction of sp³-hybridized carbons (Fsp3) is 0.600. The number of hydrogen-bond donors (Lipinski definition) is 1. The molecule has 1 aromatic carbocycles. The molecule has 0 bridgehead atoms. The Morgan fingerprint density at radius 2 is 2.11 bits per heavy atom. The van der Waals surface area contributed by atoms with Crippen LogP contribution in [0.4, 0.5) is 0 Å². The van der Waals surface area contributed by atoms with Crippen LogP contribution in [-0.4, -0.2) is 24.0 Å². The van der Waals surface area contributed by atoms with Crippen LogP contribution in [0.25, 0.3) is 0 Å². The topological polar surface area (TPSA) is 29.3 Å². The Morgan fingerprint density at radius 1 is 1.44 bits per heavy atom. The first-order valence-electron chi connectivity index (χ1n) is 6.57. The van der Waals surface area contributed by atoms with Crippen LogP contribution >= 0.6 is 11.6 Å². The van der Waals surface area contributed by atoms with Gasteiger partial charge in [0.15, 0.2) is 0 Å². The third kappa shape index (κ3) is 2.42. The summed E-state index contributed by atoms with van der Waals surface area (Å²) < 4.78 is 0. The fourth-order valence-electron chi connectivity index (χ4n) is 2.67. The number of likely N-dealkylation sites (N-methyl/N-ethyl adjacent to an activating group) is 1. The van der Waals surface area contributed by atoms with E-state index >= 15 is 0 Å². The van der Waals surface area contributed by atoms with Gasteiger partial charge < -0.3 is 5.73 Å². The SMILES string of the molecule is CN(Cc1cccc(Cl)c1)C(C)(CN)C1(C)CC1. The molecule has 0 amide bonds. The Bertz CT molecular complexity index is 428. The first-order valence-corrected chi connectivity index (χ1v) is 6.95. The first-order chi connectivity index (χ1) is 8.41. The largest absolute Gasteiger partial charge is 0.329 e. The Labute approximate surface area is 115 Å². The molecule has 0 heterocycles. The van der Waals surface area contributed by atoms with E-state index in [4.69, 9.17) is 17.3 Å². The van der Waals surface area contributed by atoms with Gasteiger partial charge in [-0.05, 0) is 49.9 Å². The second-order valence-electron chi connectivity index (χ2n) is 6.02. The van der Waals surface area contributed by atoms with Crippen molar-refractivity contribution in [3.05, 3.63) is 34.9 Å². The monoisotopic (exact) mass is 266 g/mol. The van der Waals surface area contributed by atoms with Crippen molar-refractivity contribution in [1.82, 2.24) is 4.90 Å². The summed E-state index contributed by atoms with van der Waals surface area (Å²) in [5.41, 5.74) is 7.73. The second-order valence-corrected chi connectivity index (χ2v) is 6.46. The van der Waals surface area contributed by atoms with Crippen LogP contribution in [0, 0.1) is 5.41 Å². The number of nitrogens with two attached hydrogens (primary N) is 1. The molecule has 1 fully saturated rings. The van der Waals surface area contributed by atoms with Crippen LogP contribution < -0.4 is 5.73 Å². The van der Waals surface area contributed by atoms with Crippen LogP contribution in [0.5, 0.6) is 0 Å². The zero-order valence-electron chi connectivity index (χ0n) is 11.5. The molecule has 2 nitrogen and oxygen atoms in total. The van der Waals surface area contributed by atoms with Crippen molar-refractivity contribution < 1.29 is 0 Å². The van der Waals surface area contributed by atoms with E-state index < -0.39 is 0 Å². The maximum Gasteiger partial charge on any atom is 0.0409 e. The minimum Gasteiger partial charge on any atom is -0.329 e. The summed E-state index contributed by atoms with van der Waals surface area (Å²) in [5.74, 6) is 0. The summed E-state index contributed by atoms with van der Waals surface area (Å²) in [5, 5.41) is 0.799. The van der Waals surface area contributed by atoms with E-state index in [1.165, 1.54) is 18.4 Å².